The summed E-state index contributed by atoms with van der Waals surface area (Å²) < 4.78 is 19.2. The van der Waals surface area contributed by atoms with E-state index in [1.807, 2.05) is 40.8 Å². The third kappa shape index (κ3) is 10.5. The molecule has 4 aliphatic heterocycles. The Morgan fingerprint density at radius 1 is 1.02 bits per heavy atom. The first-order chi connectivity index (χ1) is 31.0. The number of urea groups is 1. The molecule has 18 heteroatoms. The number of carboxylic acid groups (broad SMARTS) is 1. The zero-order valence-corrected chi connectivity index (χ0v) is 39.3. The van der Waals surface area contributed by atoms with E-state index in [1.54, 1.807) is 25.1 Å². The number of benzene rings is 1. The number of carbonyl (C=O) groups is 4. The zero-order valence-electron chi connectivity index (χ0n) is 38.5. The number of carboxylic acids is 1. The normalized spacial score (nSPS) is 18.6. The number of esters is 1. The summed E-state index contributed by atoms with van der Waals surface area (Å²) >= 11 is 1.47. The van der Waals surface area contributed by atoms with Gasteiger partial charge in [0, 0.05) is 87.0 Å². The molecule has 6 heterocycles. The Morgan fingerprint density at radius 3 is 2.51 bits per heavy atom. The number of pyridine rings is 1. The summed E-state index contributed by atoms with van der Waals surface area (Å²) in [6.45, 7) is 16.4. The summed E-state index contributed by atoms with van der Waals surface area (Å²) in [5.74, 6) is 0.0531. The molecule has 2 atom stereocenters. The molecule has 0 saturated carbocycles. The first-order valence-corrected chi connectivity index (χ1v) is 23.4. The molecule has 0 aliphatic carbocycles. The maximum atomic E-state index is 13.6. The average molecular weight is 915 g/mol. The van der Waals surface area contributed by atoms with E-state index < -0.39 is 16.8 Å². The predicted octanol–water partition coefficient (Wildman–Crippen LogP) is 5.19. The quantitative estimate of drug-likeness (QED) is 0.112. The van der Waals surface area contributed by atoms with Crippen LogP contribution in [0.5, 0.6) is 11.5 Å². The molecule has 3 amide bonds. The smallest absolute Gasteiger partial charge is 0.341 e. The second kappa shape index (κ2) is 19.8. The number of hydrogen-bond acceptors (Lipinski definition) is 13. The van der Waals surface area contributed by atoms with Crippen LogP contribution in [0.3, 0.4) is 0 Å². The fourth-order valence-corrected chi connectivity index (χ4v) is 9.70. The molecule has 350 valence electrons. The number of rotatable bonds is 18. The van der Waals surface area contributed by atoms with Crippen LogP contribution in [0.4, 0.5) is 4.79 Å². The van der Waals surface area contributed by atoms with Crippen molar-refractivity contribution in [1.82, 2.24) is 34.9 Å². The van der Waals surface area contributed by atoms with Crippen molar-refractivity contribution < 1.29 is 38.5 Å². The van der Waals surface area contributed by atoms with E-state index in [2.05, 4.69) is 46.3 Å². The van der Waals surface area contributed by atoms with Gasteiger partial charge >= 0.3 is 18.0 Å². The van der Waals surface area contributed by atoms with Gasteiger partial charge in [-0.15, -0.1) is 11.3 Å². The van der Waals surface area contributed by atoms with Gasteiger partial charge in [-0.25, -0.2) is 19.4 Å². The number of nitrogens with zero attached hydrogens (tertiary/aromatic N) is 6. The van der Waals surface area contributed by atoms with Gasteiger partial charge < -0.3 is 44.3 Å². The number of aliphatic imine (C=N–C) groups is 1. The second-order valence-electron chi connectivity index (χ2n) is 18.8. The van der Waals surface area contributed by atoms with Gasteiger partial charge in [-0.2, -0.15) is 0 Å². The Kier molecular flexibility index (Phi) is 14.4. The second-order valence-corrected chi connectivity index (χ2v) is 19.7. The van der Waals surface area contributed by atoms with Gasteiger partial charge in [-0.05, 0) is 63.1 Å². The van der Waals surface area contributed by atoms with E-state index in [0.717, 1.165) is 47.5 Å². The maximum Gasteiger partial charge on any atom is 0.341 e. The molecule has 0 bridgehead atoms. The minimum atomic E-state index is -1.24. The highest BCUT2D eigenvalue weighted by Crippen LogP contribution is 2.46. The van der Waals surface area contributed by atoms with Gasteiger partial charge in [-0.3, -0.25) is 19.5 Å². The van der Waals surface area contributed by atoms with Crippen LogP contribution >= 0.6 is 11.3 Å². The topological polar surface area (TPSA) is 197 Å². The molecule has 3 N–H and O–H groups in total. The third-order valence-corrected chi connectivity index (χ3v) is 13.4. The highest BCUT2D eigenvalue weighted by atomic mass is 32.1. The van der Waals surface area contributed by atoms with E-state index >= 15 is 0 Å². The summed E-state index contributed by atoms with van der Waals surface area (Å²) in [5, 5.41) is 18.7. The van der Waals surface area contributed by atoms with E-state index in [0.29, 0.717) is 87.4 Å². The number of aromatic carboxylic acids is 1. The van der Waals surface area contributed by atoms with Crippen LogP contribution < -0.4 is 25.5 Å². The molecule has 2 fully saturated rings. The van der Waals surface area contributed by atoms with Crippen LogP contribution in [0.25, 0.3) is 11.3 Å². The van der Waals surface area contributed by atoms with Crippen molar-refractivity contribution in [2.24, 2.45) is 15.8 Å². The Hall–Kier alpha value is -5.75. The highest BCUT2D eigenvalue weighted by Gasteiger charge is 2.44. The molecule has 0 radical (unpaired) electrons. The third-order valence-electron chi connectivity index (χ3n) is 12.6. The largest absolute Gasteiger partial charge is 0.493 e. The number of nitrogens with one attached hydrogen (secondary N) is 2. The Balaban J connectivity index is 0.854. The number of amides is 3. The summed E-state index contributed by atoms with van der Waals surface area (Å²) in [5.41, 5.74) is 1.90. The van der Waals surface area contributed by atoms with Gasteiger partial charge in [0.25, 0.3) is 0 Å². The number of fused-ring (bicyclic) bond motifs is 4. The standard InChI is InChI=1S/C47H62N8O9S/c1-8-63-43(59)32-23-50-40(41-48-14-18-65-41)51-34(32)27-52-15-16-54-30(24-52)25-53(45(54)61)28-47(5,6)44(60)49-13-11-9-10-12-17-64-38-19-29-20-39(46(2,3)4)55-26-33(42(57)58)36(56)22-35(55)31(29)21-37(38)62-7/h14,18-19,21-22,26,30,39H,8-13,15-17,20,23-25,27-28H2,1-7H3,(H,49,60)(H,50,51)(H,57,58)/t30-,39?/m0/s1. The van der Waals surface area contributed by atoms with Crippen molar-refractivity contribution in [2.75, 3.05) is 72.7 Å². The molecule has 7 rings (SSSR count). The van der Waals surface area contributed by atoms with Crippen LogP contribution in [-0.2, 0) is 20.7 Å². The van der Waals surface area contributed by atoms with Crippen molar-refractivity contribution in [2.45, 2.75) is 85.7 Å². The Bertz CT molecular complexity index is 2400. The predicted molar refractivity (Wildman–Crippen MR) is 247 cm³/mol. The lowest BCUT2D eigenvalue weighted by Crippen LogP contribution is -2.53. The number of piperazine rings is 1. The Labute approximate surface area is 383 Å². The fourth-order valence-electron chi connectivity index (χ4n) is 9.10. The van der Waals surface area contributed by atoms with Crippen molar-refractivity contribution in [3.8, 4) is 22.8 Å². The molecule has 3 aromatic rings. The van der Waals surface area contributed by atoms with Gasteiger partial charge in [0.15, 0.2) is 27.8 Å². The van der Waals surface area contributed by atoms with Crippen molar-refractivity contribution >= 4 is 41.0 Å². The number of methoxy groups -OCH3 is 1. The highest BCUT2D eigenvalue weighted by molar-refractivity contribution is 7.11. The van der Waals surface area contributed by atoms with Gasteiger partial charge in [0.2, 0.25) is 5.91 Å². The van der Waals surface area contributed by atoms with Crippen LogP contribution in [0.2, 0.25) is 0 Å². The van der Waals surface area contributed by atoms with E-state index in [-0.39, 0.29) is 54.1 Å². The number of ether oxygens (including phenoxy) is 3. The van der Waals surface area contributed by atoms with Gasteiger partial charge in [0.05, 0.1) is 49.6 Å². The first-order valence-electron chi connectivity index (χ1n) is 22.5. The van der Waals surface area contributed by atoms with Gasteiger partial charge in [-0.1, -0.05) is 33.6 Å². The van der Waals surface area contributed by atoms with E-state index in [1.165, 1.54) is 23.6 Å². The number of aromatic nitrogens is 2. The molecule has 1 aromatic carbocycles. The number of amidine groups is 1. The molecule has 0 spiro atoms. The molecule has 17 nitrogen and oxygen atoms in total. The summed E-state index contributed by atoms with van der Waals surface area (Å²) in [6.07, 6.45) is 7.21. The van der Waals surface area contributed by atoms with Crippen molar-refractivity contribution in [3.63, 3.8) is 0 Å². The number of thiazole rings is 1. The molecule has 2 saturated heterocycles. The van der Waals surface area contributed by atoms with Crippen LogP contribution in [-0.4, -0.2) is 138 Å². The SMILES string of the molecule is CCOC(=O)C1=C(CN2CCN3C(=O)N(CC(C)(C)C(=O)NCCCCCCOc4cc5c(cc4OC)-c4cc(=O)c(C(=O)O)cn4C(C(C)(C)C)C5)C[C@@H]3C2)NC(c2nccs2)=NC1. The lowest BCUT2D eigenvalue weighted by molar-refractivity contribution is -0.138. The lowest BCUT2D eigenvalue weighted by Gasteiger charge is -2.39. The molecular formula is C47H62N8O9S. The number of unbranched alkanes of at least 4 members (excludes halogenated alkanes) is 3. The minimum Gasteiger partial charge on any atom is -0.493 e. The van der Waals surface area contributed by atoms with E-state index in [4.69, 9.17) is 14.2 Å². The minimum absolute atomic E-state index is 0.0453. The van der Waals surface area contributed by atoms with Gasteiger partial charge in [0.1, 0.15) is 5.56 Å². The van der Waals surface area contributed by atoms with E-state index in [9.17, 15) is 29.1 Å². The molecule has 2 aromatic heterocycles. The summed E-state index contributed by atoms with van der Waals surface area (Å²) in [4.78, 5) is 79.4. The van der Waals surface area contributed by atoms with Crippen molar-refractivity contribution in [3.05, 3.63) is 73.6 Å². The first kappa shape index (κ1) is 47.2. The molecule has 4 aliphatic rings. The van der Waals surface area contributed by atoms with Crippen molar-refractivity contribution in [1.29, 1.82) is 0 Å². The zero-order chi connectivity index (χ0) is 46.6. The monoisotopic (exact) mass is 914 g/mol. The van der Waals surface area contributed by atoms with Crippen LogP contribution in [0, 0.1) is 10.8 Å². The lowest BCUT2D eigenvalue weighted by atomic mass is 9.78. The number of carbonyl (C=O) groups excluding carboxylic acids is 3. The summed E-state index contributed by atoms with van der Waals surface area (Å²) in [7, 11) is 1.57. The maximum absolute atomic E-state index is 13.6. The number of hydrogen-bond donors (Lipinski definition) is 3. The molecule has 1 unspecified atom stereocenters. The summed E-state index contributed by atoms with van der Waals surface area (Å²) in [6, 6.07) is 5.07. The molecular weight excluding hydrogens is 853 g/mol. The Morgan fingerprint density at radius 2 is 1.80 bits per heavy atom. The average Bonchev–Trinajstić information content (AvgIpc) is 3.91. The molecule has 65 heavy (non-hydrogen) atoms. The van der Waals surface area contributed by atoms with Crippen LogP contribution in [0.1, 0.15) is 94.2 Å². The van der Waals surface area contributed by atoms with Crippen LogP contribution in [0.15, 0.2) is 57.0 Å². The fraction of sp³-hybridized carbons (Fsp3) is 0.553.